The summed E-state index contributed by atoms with van der Waals surface area (Å²) in [6, 6.07) is 11.3. The molecule has 1 fully saturated rings. The van der Waals surface area contributed by atoms with E-state index >= 15 is 0 Å². The molecular formula is C28H28ClFN4O3. The minimum Gasteiger partial charge on any atom is -0.350 e. The molecule has 3 amide bonds. The summed E-state index contributed by atoms with van der Waals surface area (Å²) in [5.41, 5.74) is 1.19. The first-order valence-electron chi connectivity index (χ1n) is 12.1. The average Bonchev–Trinajstić information content (AvgIpc) is 3.48. The predicted octanol–water partition coefficient (Wildman–Crippen LogP) is 4.59. The van der Waals surface area contributed by atoms with Crippen LogP contribution in [0.25, 0.3) is 10.9 Å². The monoisotopic (exact) mass is 522 g/mol. The standard InChI is InChI=1S/C28H28ClFN4O3/c1-4-20-12-17(26(35)31-19-8-5-7-18(29)13-19)15-34(20)28(37)25(11-16(2)3)33-27(36)24-14-21-22(30)9-6-10-23(21)32-24/h1,5-10,13-14,16-17,20,25,32H,11-12,15H2,2-3H3,(H,31,35)(H,33,36). The number of likely N-dealkylation sites (tertiary alicyclic amines) is 1. The molecule has 2 aromatic carbocycles. The van der Waals surface area contributed by atoms with Gasteiger partial charge in [0.15, 0.2) is 0 Å². The second-order valence-corrected chi connectivity index (χ2v) is 10.1. The van der Waals surface area contributed by atoms with E-state index in [-0.39, 0.29) is 30.0 Å². The molecule has 0 bridgehead atoms. The summed E-state index contributed by atoms with van der Waals surface area (Å²) in [7, 11) is 0. The van der Waals surface area contributed by atoms with Gasteiger partial charge in [-0.1, -0.05) is 43.5 Å². The molecule has 2 heterocycles. The zero-order chi connectivity index (χ0) is 26.7. The Kier molecular flexibility index (Phi) is 7.84. The molecule has 0 aliphatic carbocycles. The summed E-state index contributed by atoms with van der Waals surface area (Å²) in [6.45, 7) is 4.01. The van der Waals surface area contributed by atoms with Crippen molar-refractivity contribution in [3.63, 3.8) is 0 Å². The molecule has 3 atom stereocenters. The van der Waals surface area contributed by atoms with Crippen molar-refractivity contribution < 1.29 is 18.8 Å². The highest BCUT2D eigenvalue weighted by Gasteiger charge is 2.40. The molecule has 1 aliphatic rings. The van der Waals surface area contributed by atoms with Crippen LogP contribution in [0.15, 0.2) is 48.5 Å². The van der Waals surface area contributed by atoms with Crippen molar-refractivity contribution >= 4 is 45.9 Å². The number of terminal acetylenes is 1. The van der Waals surface area contributed by atoms with E-state index in [1.54, 1.807) is 36.4 Å². The van der Waals surface area contributed by atoms with Gasteiger partial charge in [-0.25, -0.2) is 4.39 Å². The van der Waals surface area contributed by atoms with Gasteiger partial charge in [-0.05, 0) is 55.2 Å². The second kappa shape index (κ2) is 11.1. The van der Waals surface area contributed by atoms with E-state index in [4.69, 9.17) is 18.0 Å². The highest BCUT2D eigenvalue weighted by molar-refractivity contribution is 6.30. The molecule has 0 saturated carbocycles. The summed E-state index contributed by atoms with van der Waals surface area (Å²) < 4.78 is 14.1. The Bertz CT molecular complexity index is 1380. The van der Waals surface area contributed by atoms with E-state index in [0.29, 0.717) is 34.5 Å². The van der Waals surface area contributed by atoms with Crippen LogP contribution in [0.2, 0.25) is 5.02 Å². The fourth-order valence-electron chi connectivity index (χ4n) is 4.61. The lowest BCUT2D eigenvalue weighted by atomic mass is 10.0. The number of fused-ring (bicyclic) bond motifs is 1. The summed E-state index contributed by atoms with van der Waals surface area (Å²) in [6.07, 6.45) is 6.40. The number of hydrogen-bond acceptors (Lipinski definition) is 3. The summed E-state index contributed by atoms with van der Waals surface area (Å²) in [5.74, 6) is 0.592. The fourth-order valence-corrected chi connectivity index (χ4v) is 4.80. The van der Waals surface area contributed by atoms with Crippen molar-refractivity contribution in [2.75, 3.05) is 11.9 Å². The maximum Gasteiger partial charge on any atom is 0.268 e. The SMILES string of the molecule is C#CC1CC(C(=O)Nc2cccc(Cl)c2)CN1C(=O)C(CC(C)C)NC(=O)c1cc2c(F)cccc2[nH]1. The molecule has 4 rings (SSSR count). The van der Waals surface area contributed by atoms with E-state index in [0.717, 1.165) is 0 Å². The highest BCUT2D eigenvalue weighted by atomic mass is 35.5. The zero-order valence-corrected chi connectivity index (χ0v) is 21.3. The Morgan fingerprint density at radius 2 is 1.97 bits per heavy atom. The van der Waals surface area contributed by atoms with Crippen LogP contribution in [0.4, 0.5) is 10.1 Å². The largest absolute Gasteiger partial charge is 0.350 e. The minimum absolute atomic E-state index is 0.0863. The van der Waals surface area contributed by atoms with Gasteiger partial charge in [-0.15, -0.1) is 6.42 Å². The Balaban J connectivity index is 1.49. The van der Waals surface area contributed by atoms with Crippen molar-refractivity contribution in [1.82, 2.24) is 15.2 Å². The van der Waals surface area contributed by atoms with Gasteiger partial charge < -0.3 is 20.5 Å². The van der Waals surface area contributed by atoms with Crippen LogP contribution in [-0.4, -0.2) is 46.2 Å². The number of amides is 3. The Labute approximate surface area is 219 Å². The number of nitrogens with one attached hydrogen (secondary N) is 3. The van der Waals surface area contributed by atoms with Crippen molar-refractivity contribution in [2.24, 2.45) is 11.8 Å². The van der Waals surface area contributed by atoms with Gasteiger partial charge in [0.2, 0.25) is 11.8 Å². The molecule has 37 heavy (non-hydrogen) atoms. The normalized spacial score (nSPS) is 18.0. The predicted molar refractivity (Wildman–Crippen MR) is 141 cm³/mol. The molecular weight excluding hydrogens is 495 g/mol. The molecule has 3 aromatic rings. The van der Waals surface area contributed by atoms with Crippen molar-refractivity contribution in [3.8, 4) is 12.3 Å². The van der Waals surface area contributed by atoms with Crippen LogP contribution in [-0.2, 0) is 9.59 Å². The molecule has 0 radical (unpaired) electrons. The van der Waals surface area contributed by atoms with Crippen LogP contribution >= 0.6 is 11.6 Å². The van der Waals surface area contributed by atoms with Crippen LogP contribution in [0, 0.1) is 30.0 Å². The second-order valence-electron chi connectivity index (χ2n) is 9.64. The minimum atomic E-state index is -0.866. The maximum atomic E-state index is 14.1. The quantitative estimate of drug-likeness (QED) is 0.396. The summed E-state index contributed by atoms with van der Waals surface area (Å²) >= 11 is 6.01. The van der Waals surface area contributed by atoms with Gasteiger partial charge in [0, 0.05) is 28.2 Å². The lowest BCUT2D eigenvalue weighted by molar-refractivity contribution is -0.133. The molecule has 1 saturated heterocycles. The number of carbonyl (C=O) groups is 3. The summed E-state index contributed by atoms with van der Waals surface area (Å²) in [4.78, 5) is 44.0. The Hall–Kier alpha value is -3.83. The first-order chi connectivity index (χ1) is 17.7. The number of hydrogen-bond donors (Lipinski definition) is 3. The van der Waals surface area contributed by atoms with Crippen molar-refractivity contribution in [3.05, 3.63) is 65.1 Å². The smallest absolute Gasteiger partial charge is 0.268 e. The number of H-pyrrole nitrogens is 1. The maximum absolute atomic E-state index is 14.1. The topological polar surface area (TPSA) is 94.3 Å². The van der Waals surface area contributed by atoms with Gasteiger partial charge in [0.1, 0.15) is 17.6 Å². The number of aromatic nitrogens is 1. The number of carbonyl (C=O) groups excluding carboxylic acids is 3. The molecule has 7 nitrogen and oxygen atoms in total. The van der Waals surface area contributed by atoms with Crippen LogP contribution < -0.4 is 10.6 Å². The number of anilines is 1. The number of rotatable bonds is 7. The van der Waals surface area contributed by atoms with Crippen LogP contribution in [0.1, 0.15) is 37.2 Å². The number of aromatic amines is 1. The zero-order valence-electron chi connectivity index (χ0n) is 20.6. The average molecular weight is 523 g/mol. The van der Waals surface area contributed by atoms with E-state index in [2.05, 4.69) is 21.5 Å². The molecule has 3 unspecified atom stereocenters. The van der Waals surface area contributed by atoms with Gasteiger partial charge in [0.05, 0.1) is 12.0 Å². The number of nitrogens with zero attached hydrogens (tertiary/aromatic N) is 1. The van der Waals surface area contributed by atoms with E-state index < -0.39 is 29.7 Å². The van der Waals surface area contributed by atoms with Crippen molar-refractivity contribution in [1.29, 1.82) is 0 Å². The number of benzene rings is 2. The molecule has 1 aliphatic heterocycles. The Morgan fingerprint density at radius 3 is 2.65 bits per heavy atom. The highest BCUT2D eigenvalue weighted by Crippen LogP contribution is 2.27. The third-order valence-electron chi connectivity index (χ3n) is 6.41. The van der Waals surface area contributed by atoms with E-state index in [1.807, 2.05) is 13.8 Å². The molecule has 1 aromatic heterocycles. The summed E-state index contributed by atoms with van der Waals surface area (Å²) in [5, 5.41) is 6.40. The Morgan fingerprint density at radius 1 is 1.22 bits per heavy atom. The molecule has 192 valence electrons. The third kappa shape index (κ3) is 5.95. The van der Waals surface area contributed by atoms with Crippen LogP contribution in [0.5, 0.6) is 0 Å². The molecule has 3 N–H and O–H groups in total. The van der Waals surface area contributed by atoms with Gasteiger partial charge in [0.25, 0.3) is 5.91 Å². The van der Waals surface area contributed by atoms with E-state index in [9.17, 15) is 18.8 Å². The lowest BCUT2D eigenvalue weighted by Gasteiger charge is -2.28. The van der Waals surface area contributed by atoms with Crippen LogP contribution in [0.3, 0.4) is 0 Å². The first-order valence-corrected chi connectivity index (χ1v) is 12.4. The number of halogens is 2. The van der Waals surface area contributed by atoms with Crippen molar-refractivity contribution in [2.45, 2.75) is 38.8 Å². The van der Waals surface area contributed by atoms with Gasteiger partial charge in [-0.2, -0.15) is 0 Å². The fraction of sp³-hybridized carbons (Fsp3) is 0.321. The first kappa shape index (κ1) is 26.2. The lowest BCUT2D eigenvalue weighted by Crippen LogP contribution is -2.50. The molecule has 9 heteroatoms. The van der Waals surface area contributed by atoms with Gasteiger partial charge >= 0.3 is 0 Å². The molecule has 0 spiro atoms. The third-order valence-corrected chi connectivity index (χ3v) is 6.64. The van der Waals surface area contributed by atoms with E-state index in [1.165, 1.54) is 17.0 Å². The van der Waals surface area contributed by atoms with Gasteiger partial charge in [-0.3, -0.25) is 14.4 Å².